The number of pyridine rings is 1. The van der Waals surface area contributed by atoms with Crippen molar-refractivity contribution in [2.75, 3.05) is 11.9 Å². The summed E-state index contributed by atoms with van der Waals surface area (Å²) in [5.74, 6) is -0.539. The Bertz CT molecular complexity index is 544. The number of nitrogens with one attached hydrogen (secondary N) is 2. The second kappa shape index (κ2) is 7.63. The number of urea groups is 1. The molecule has 1 rings (SSSR count). The van der Waals surface area contributed by atoms with Gasteiger partial charge in [-0.1, -0.05) is 0 Å². The van der Waals surface area contributed by atoms with Crippen LogP contribution >= 0.6 is 0 Å². The van der Waals surface area contributed by atoms with Gasteiger partial charge in [-0.3, -0.25) is 4.79 Å². The molecule has 1 heterocycles. The molecule has 0 atom stereocenters. The summed E-state index contributed by atoms with van der Waals surface area (Å²) in [7, 11) is 0. The van der Waals surface area contributed by atoms with E-state index in [-0.39, 0.29) is 6.42 Å². The zero-order chi connectivity index (χ0) is 16.8. The fourth-order valence-corrected chi connectivity index (χ4v) is 1.84. The van der Waals surface area contributed by atoms with E-state index in [4.69, 9.17) is 9.84 Å². The lowest BCUT2D eigenvalue weighted by atomic mass is 9.99. The summed E-state index contributed by atoms with van der Waals surface area (Å²) in [5.41, 5.74) is 0.739. The van der Waals surface area contributed by atoms with Crippen molar-refractivity contribution in [1.82, 2.24) is 10.3 Å². The first-order chi connectivity index (χ1) is 10.2. The summed E-state index contributed by atoms with van der Waals surface area (Å²) in [6.45, 7) is 7.68. The number of carboxylic acid groups (broad SMARTS) is 1. The molecule has 3 N–H and O–H groups in total. The minimum atomic E-state index is -0.892. The average molecular weight is 309 g/mol. The molecule has 0 aliphatic heterocycles. The lowest BCUT2D eigenvalue weighted by molar-refractivity contribution is -0.137. The van der Waals surface area contributed by atoms with E-state index in [1.54, 1.807) is 26.1 Å². The second-order valence-corrected chi connectivity index (χ2v) is 5.66. The molecule has 1 aromatic rings. The zero-order valence-electron chi connectivity index (χ0n) is 13.4. The second-order valence-electron chi connectivity index (χ2n) is 5.66. The number of aryl methyl sites for hydroxylation is 1. The molecule has 0 aliphatic carbocycles. The van der Waals surface area contributed by atoms with E-state index >= 15 is 0 Å². The van der Waals surface area contributed by atoms with Gasteiger partial charge in [0.25, 0.3) is 0 Å². The van der Waals surface area contributed by atoms with Crippen molar-refractivity contribution in [3.63, 3.8) is 0 Å². The Morgan fingerprint density at radius 2 is 2.09 bits per heavy atom. The Hall–Kier alpha value is -2.31. The number of aromatic nitrogens is 1. The van der Waals surface area contributed by atoms with Crippen LogP contribution in [0.1, 0.15) is 39.2 Å². The number of nitrogens with zero attached hydrogens (tertiary/aromatic N) is 1. The Kier molecular flexibility index (Phi) is 6.15. The van der Waals surface area contributed by atoms with Crippen molar-refractivity contribution in [2.24, 2.45) is 0 Å². The van der Waals surface area contributed by atoms with E-state index in [1.165, 1.54) is 0 Å². The van der Waals surface area contributed by atoms with Crippen LogP contribution in [0, 0.1) is 6.92 Å². The SMILES string of the molecule is CCOc1ncc(C)cc1NC(=O)NC(C)(C)CCC(=O)O. The van der Waals surface area contributed by atoms with E-state index in [2.05, 4.69) is 15.6 Å². The average Bonchev–Trinajstić information content (AvgIpc) is 2.39. The van der Waals surface area contributed by atoms with Gasteiger partial charge in [0.05, 0.1) is 6.61 Å². The lowest BCUT2D eigenvalue weighted by Crippen LogP contribution is -2.45. The molecule has 0 aliphatic rings. The molecule has 122 valence electrons. The third-order valence-electron chi connectivity index (χ3n) is 2.93. The number of amides is 2. The fourth-order valence-electron chi connectivity index (χ4n) is 1.84. The Balaban J connectivity index is 2.72. The van der Waals surface area contributed by atoms with Crippen molar-refractivity contribution in [3.8, 4) is 5.88 Å². The van der Waals surface area contributed by atoms with Gasteiger partial charge in [0.15, 0.2) is 0 Å². The highest BCUT2D eigenvalue weighted by Crippen LogP contribution is 2.22. The normalized spacial score (nSPS) is 10.9. The molecule has 7 nitrogen and oxygen atoms in total. The first-order valence-corrected chi connectivity index (χ1v) is 7.14. The highest BCUT2D eigenvalue weighted by molar-refractivity contribution is 5.91. The molecule has 22 heavy (non-hydrogen) atoms. The van der Waals surface area contributed by atoms with Gasteiger partial charge in [-0.2, -0.15) is 0 Å². The third kappa shape index (κ3) is 5.99. The minimum Gasteiger partial charge on any atom is -0.481 e. The molecule has 7 heteroatoms. The van der Waals surface area contributed by atoms with Gasteiger partial charge in [-0.05, 0) is 45.7 Å². The number of rotatable bonds is 7. The fraction of sp³-hybridized carbons (Fsp3) is 0.533. The Labute approximate surface area is 130 Å². The van der Waals surface area contributed by atoms with Crippen LogP contribution in [0.4, 0.5) is 10.5 Å². The summed E-state index contributed by atoms with van der Waals surface area (Å²) in [4.78, 5) is 26.8. The monoisotopic (exact) mass is 309 g/mol. The van der Waals surface area contributed by atoms with Crippen LogP contribution in [0.15, 0.2) is 12.3 Å². The van der Waals surface area contributed by atoms with Crippen LogP contribution in [-0.2, 0) is 4.79 Å². The molecular weight excluding hydrogens is 286 g/mol. The molecule has 0 spiro atoms. The highest BCUT2D eigenvalue weighted by atomic mass is 16.5. The van der Waals surface area contributed by atoms with E-state index in [9.17, 15) is 9.59 Å². The number of hydrogen-bond acceptors (Lipinski definition) is 4. The van der Waals surface area contributed by atoms with Crippen LogP contribution in [0.5, 0.6) is 5.88 Å². The molecule has 0 saturated heterocycles. The number of ether oxygens (including phenoxy) is 1. The molecule has 0 bridgehead atoms. The number of carbonyl (C=O) groups is 2. The number of anilines is 1. The summed E-state index contributed by atoms with van der Waals surface area (Å²) in [6.07, 6.45) is 1.98. The summed E-state index contributed by atoms with van der Waals surface area (Å²) < 4.78 is 5.37. The first-order valence-electron chi connectivity index (χ1n) is 7.14. The molecule has 0 radical (unpaired) electrons. The predicted octanol–water partition coefficient (Wildman–Crippen LogP) is 2.55. The molecule has 0 saturated carbocycles. The minimum absolute atomic E-state index is 0.0104. The largest absolute Gasteiger partial charge is 0.481 e. The van der Waals surface area contributed by atoms with Crippen molar-refractivity contribution in [2.45, 2.75) is 46.1 Å². The topological polar surface area (TPSA) is 101 Å². The van der Waals surface area contributed by atoms with Crippen molar-refractivity contribution < 1.29 is 19.4 Å². The molecule has 2 amide bonds. The molecular formula is C15H23N3O4. The maximum atomic E-state index is 12.1. The van der Waals surface area contributed by atoms with Crippen LogP contribution < -0.4 is 15.4 Å². The van der Waals surface area contributed by atoms with Crippen molar-refractivity contribution in [3.05, 3.63) is 17.8 Å². The smallest absolute Gasteiger partial charge is 0.319 e. The number of carbonyl (C=O) groups excluding carboxylic acids is 1. The van der Waals surface area contributed by atoms with Gasteiger partial charge >= 0.3 is 12.0 Å². The van der Waals surface area contributed by atoms with E-state index in [0.717, 1.165) is 5.56 Å². The number of hydrogen-bond donors (Lipinski definition) is 3. The molecule has 0 aromatic carbocycles. The molecule has 0 fully saturated rings. The van der Waals surface area contributed by atoms with Crippen molar-refractivity contribution in [1.29, 1.82) is 0 Å². The highest BCUT2D eigenvalue weighted by Gasteiger charge is 2.22. The van der Waals surface area contributed by atoms with Crippen LogP contribution in [0.3, 0.4) is 0 Å². The van der Waals surface area contributed by atoms with Gasteiger partial charge in [0.1, 0.15) is 5.69 Å². The summed E-state index contributed by atoms with van der Waals surface area (Å²) in [5, 5.41) is 14.2. The van der Waals surface area contributed by atoms with Gasteiger partial charge in [-0.15, -0.1) is 0 Å². The van der Waals surface area contributed by atoms with E-state index < -0.39 is 17.5 Å². The maximum absolute atomic E-state index is 12.1. The quantitative estimate of drug-likeness (QED) is 0.718. The van der Waals surface area contributed by atoms with Crippen LogP contribution in [-0.4, -0.2) is 34.2 Å². The van der Waals surface area contributed by atoms with Crippen LogP contribution in [0.25, 0.3) is 0 Å². The predicted molar refractivity (Wildman–Crippen MR) is 83.2 cm³/mol. The summed E-state index contributed by atoms with van der Waals surface area (Å²) in [6, 6.07) is 1.34. The van der Waals surface area contributed by atoms with Gasteiger partial charge in [-0.25, -0.2) is 9.78 Å². The third-order valence-corrected chi connectivity index (χ3v) is 2.93. The van der Waals surface area contributed by atoms with Gasteiger partial charge < -0.3 is 20.5 Å². The molecule has 1 aromatic heterocycles. The maximum Gasteiger partial charge on any atom is 0.319 e. The number of aliphatic carboxylic acids is 1. The van der Waals surface area contributed by atoms with Crippen molar-refractivity contribution >= 4 is 17.7 Å². The first kappa shape index (κ1) is 17.7. The molecule has 0 unspecified atom stereocenters. The van der Waals surface area contributed by atoms with E-state index in [1.807, 2.05) is 13.8 Å². The van der Waals surface area contributed by atoms with Gasteiger partial charge in [0.2, 0.25) is 5.88 Å². The van der Waals surface area contributed by atoms with E-state index in [0.29, 0.717) is 24.6 Å². The van der Waals surface area contributed by atoms with Gasteiger partial charge in [0, 0.05) is 18.2 Å². The van der Waals surface area contributed by atoms with Crippen LogP contribution in [0.2, 0.25) is 0 Å². The number of carboxylic acids is 1. The summed E-state index contributed by atoms with van der Waals surface area (Å²) >= 11 is 0. The lowest BCUT2D eigenvalue weighted by Gasteiger charge is -2.26. The Morgan fingerprint density at radius 1 is 1.41 bits per heavy atom. The zero-order valence-corrected chi connectivity index (χ0v) is 13.4. The standard InChI is InChI=1S/C15H23N3O4/c1-5-22-13-11(8-10(2)9-16-13)17-14(21)18-15(3,4)7-6-12(19)20/h8-9H,5-7H2,1-4H3,(H,19,20)(H2,17,18,21). The Morgan fingerprint density at radius 3 is 2.68 bits per heavy atom.